The second kappa shape index (κ2) is 8.08. The molecule has 0 amide bonds. The summed E-state index contributed by atoms with van der Waals surface area (Å²) < 4.78 is 2.27. The molecule has 0 spiro atoms. The van der Waals surface area contributed by atoms with Crippen molar-refractivity contribution in [3.8, 4) is 0 Å². The Balaban J connectivity index is 1.60. The molecule has 4 heteroatoms. The van der Waals surface area contributed by atoms with E-state index in [2.05, 4.69) is 35.0 Å². The van der Waals surface area contributed by atoms with Crippen LogP contribution in [-0.4, -0.2) is 27.3 Å². The average Bonchev–Trinajstić information content (AvgIpc) is 2.94. The smallest absolute Gasteiger partial charge is 0.123 e. The van der Waals surface area contributed by atoms with Gasteiger partial charge in [-0.3, -0.25) is 0 Å². The van der Waals surface area contributed by atoms with E-state index >= 15 is 0 Å². The van der Waals surface area contributed by atoms with Gasteiger partial charge in [-0.1, -0.05) is 49.4 Å². The summed E-state index contributed by atoms with van der Waals surface area (Å²) in [5.41, 5.74) is 3.37. The number of aromatic nitrogens is 2. The Kier molecular flexibility index (Phi) is 5.62. The van der Waals surface area contributed by atoms with Gasteiger partial charge in [-0.15, -0.1) is 0 Å². The Labute approximate surface area is 143 Å². The molecule has 3 aromatic rings. The average molecular weight is 323 g/mol. The zero-order chi connectivity index (χ0) is 16.8. The first kappa shape index (κ1) is 16.7. The van der Waals surface area contributed by atoms with Crippen molar-refractivity contribution in [2.24, 2.45) is 0 Å². The predicted octanol–water partition coefficient (Wildman–Crippen LogP) is 3.14. The lowest BCUT2D eigenvalue weighted by Gasteiger charge is -2.13. The molecule has 0 saturated heterocycles. The summed E-state index contributed by atoms with van der Waals surface area (Å²) in [5, 5.41) is 13.6. The number of nitrogens with zero attached hydrogens (tertiary/aromatic N) is 2. The summed E-state index contributed by atoms with van der Waals surface area (Å²) in [7, 11) is 0. The number of rotatable bonds is 8. The van der Waals surface area contributed by atoms with Crippen LogP contribution < -0.4 is 5.32 Å². The van der Waals surface area contributed by atoms with Crippen LogP contribution in [-0.2, 0) is 19.5 Å². The number of fused-ring (bicyclic) bond motifs is 1. The summed E-state index contributed by atoms with van der Waals surface area (Å²) in [6.45, 7) is 4.37. The van der Waals surface area contributed by atoms with Crippen molar-refractivity contribution < 1.29 is 5.11 Å². The predicted molar refractivity (Wildman–Crippen MR) is 97.9 cm³/mol. The first-order valence-corrected chi connectivity index (χ1v) is 8.64. The summed E-state index contributed by atoms with van der Waals surface area (Å²) in [4.78, 5) is 4.73. The van der Waals surface area contributed by atoms with Crippen LogP contribution in [0, 0.1) is 0 Å². The van der Waals surface area contributed by atoms with E-state index in [0.29, 0.717) is 19.5 Å². The van der Waals surface area contributed by atoms with Crippen LogP contribution in [0.2, 0.25) is 0 Å². The van der Waals surface area contributed by atoms with E-state index < -0.39 is 6.10 Å². The van der Waals surface area contributed by atoms with E-state index in [1.165, 1.54) is 5.52 Å². The fourth-order valence-corrected chi connectivity index (χ4v) is 3.04. The van der Waals surface area contributed by atoms with Gasteiger partial charge in [0.25, 0.3) is 0 Å². The van der Waals surface area contributed by atoms with Gasteiger partial charge >= 0.3 is 0 Å². The van der Waals surface area contributed by atoms with E-state index in [1.54, 1.807) is 0 Å². The van der Waals surface area contributed by atoms with E-state index in [0.717, 1.165) is 29.9 Å². The molecule has 1 heterocycles. The fourth-order valence-electron chi connectivity index (χ4n) is 3.04. The van der Waals surface area contributed by atoms with Crippen molar-refractivity contribution in [1.29, 1.82) is 0 Å². The molecule has 2 aromatic carbocycles. The van der Waals surface area contributed by atoms with Gasteiger partial charge in [0.1, 0.15) is 5.82 Å². The van der Waals surface area contributed by atoms with Crippen LogP contribution in [0.4, 0.5) is 0 Å². The quantitative estimate of drug-likeness (QED) is 0.669. The summed E-state index contributed by atoms with van der Waals surface area (Å²) >= 11 is 0. The summed E-state index contributed by atoms with van der Waals surface area (Å²) in [6.07, 6.45) is 1.35. The maximum Gasteiger partial charge on any atom is 0.123 e. The molecule has 1 unspecified atom stereocenters. The Morgan fingerprint density at radius 2 is 1.83 bits per heavy atom. The van der Waals surface area contributed by atoms with E-state index in [4.69, 9.17) is 4.98 Å². The molecule has 2 N–H and O–H groups in total. The van der Waals surface area contributed by atoms with Crippen LogP contribution in [0.5, 0.6) is 0 Å². The van der Waals surface area contributed by atoms with Gasteiger partial charge in [-0.2, -0.15) is 0 Å². The van der Waals surface area contributed by atoms with Crippen molar-refractivity contribution in [1.82, 2.24) is 14.9 Å². The highest BCUT2D eigenvalue weighted by atomic mass is 16.3. The number of nitrogens with one attached hydrogen (secondary N) is 1. The first-order valence-electron chi connectivity index (χ1n) is 8.64. The van der Waals surface area contributed by atoms with Crippen LogP contribution in [0.1, 0.15) is 24.7 Å². The van der Waals surface area contributed by atoms with Crippen LogP contribution >= 0.6 is 0 Å². The molecular weight excluding hydrogens is 298 g/mol. The normalized spacial score (nSPS) is 12.6. The lowest BCUT2D eigenvalue weighted by Crippen LogP contribution is -2.29. The van der Waals surface area contributed by atoms with Crippen LogP contribution in [0.3, 0.4) is 0 Å². The highest BCUT2D eigenvalue weighted by molar-refractivity contribution is 5.75. The molecule has 0 fully saturated rings. The number of aliphatic hydroxyl groups is 1. The molecule has 0 aliphatic rings. The van der Waals surface area contributed by atoms with Gasteiger partial charge < -0.3 is 15.0 Å². The number of aryl methyl sites for hydroxylation is 1. The molecule has 1 atom stereocenters. The van der Waals surface area contributed by atoms with E-state index in [9.17, 15) is 5.11 Å². The minimum Gasteiger partial charge on any atom is -0.391 e. The lowest BCUT2D eigenvalue weighted by atomic mass is 10.1. The maximum atomic E-state index is 10.2. The monoisotopic (exact) mass is 323 g/mol. The molecule has 0 saturated carbocycles. The topological polar surface area (TPSA) is 50.1 Å². The third-order valence-electron chi connectivity index (χ3n) is 4.16. The van der Waals surface area contributed by atoms with Crippen LogP contribution in [0.25, 0.3) is 11.0 Å². The Morgan fingerprint density at radius 1 is 1.08 bits per heavy atom. The lowest BCUT2D eigenvalue weighted by molar-refractivity contribution is 0.171. The minimum absolute atomic E-state index is 0.392. The highest BCUT2D eigenvalue weighted by Crippen LogP contribution is 2.16. The van der Waals surface area contributed by atoms with E-state index in [1.807, 2.05) is 36.4 Å². The van der Waals surface area contributed by atoms with Crippen molar-refractivity contribution >= 4 is 11.0 Å². The summed E-state index contributed by atoms with van der Waals surface area (Å²) in [6, 6.07) is 18.3. The first-order chi connectivity index (χ1) is 11.8. The van der Waals surface area contributed by atoms with Gasteiger partial charge in [0.05, 0.1) is 23.7 Å². The molecule has 126 valence electrons. The second-order valence-electron chi connectivity index (χ2n) is 6.14. The zero-order valence-corrected chi connectivity index (χ0v) is 14.2. The van der Waals surface area contributed by atoms with Gasteiger partial charge in [0.2, 0.25) is 0 Å². The Hall–Kier alpha value is -2.17. The second-order valence-corrected chi connectivity index (χ2v) is 6.14. The Bertz CT molecular complexity index is 767. The number of benzene rings is 2. The molecular formula is C20H25N3O. The third-order valence-corrected chi connectivity index (χ3v) is 4.16. The Morgan fingerprint density at radius 3 is 2.62 bits per heavy atom. The molecule has 24 heavy (non-hydrogen) atoms. The summed E-state index contributed by atoms with van der Waals surface area (Å²) in [5.74, 6) is 1.03. The minimum atomic E-state index is -0.392. The molecule has 3 rings (SSSR count). The molecule has 0 aliphatic carbocycles. The fraction of sp³-hybridized carbons (Fsp3) is 0.350. The molecule has 0 bridgehead atoms. The van der Waals surface area contributed by atoms with Gasteiger partial charge in [0.15, 0.2) is 0 Å². The van der Waals surface area contributed by atoms with Crippen molar-refractivity contribution in [3.05, 3.63) is 66.0 Å². The zero-order valence-electron chi connectivity index (χ0n) is 14.2. The number of imidazole rings is 1. The van der Waals surface area contributed by atoms with Crippen molar-refractivity contribution in [2.45, 2.75) is 39.0 Å². The van der Waals surface area contributed by atoms with Gasteiger partial charge in [0, 0.05) is 13.1 Å². The SMILES string of the molecule is CCCn1c(CNCC(O)Cc2ccccc2)nc2ccccc21. The number of para-hydroxylation sites is 2. The van der Waals surface area contributed by atoms with Gasteiger partial charge in [-0.25, -0.2) is 4.98 Å². The molecule has 4 nitrogen and oxygen atoms in total. The van der Waals surface area contributed by atoms with Crippen molar-refractivity contribution in [2.75, 3.05) is 6.54 Å². The van der Waals surface area contributed by atoms with Crippen LogP contribution in [0.15, 0.2) is 54.6 Å². The standard InChI is InChI=1S/C20H25N3O/c1-2-12-23-19-11-7-6-10-18(19)22-20(23)15-21-14-17(24)13-16-8-4-3-5-9-16/h3-11,17,21,24H,2,12-15H2,1H3. The highest BCUT2D eigenvalue weighted by Gasteiger charge is 2.10. The third kappa shape index (κ3) is 4.02. The number of aliphatic hydroxyl groups excluding tert-OH is 1. The number of hydrogen-bond acceptors (Lipinski definition) is 3. The van der Waals surface area contributed by atoms with Gasteiger partial charge in [-0.05, 0) is 30.5 Å². The largest absolute Gasteiger partial charge is 0.391 e. The maximum absolute atomic E-state index is 10.2. The molecule has 0 aliphatic heterocycles. The van der Waals surface area contributed by atoms with E-state index in [-0.39, 0.29) is 0 Å². The van der Waals surface area contributed by atoms with Crippen molar-refractivity contribution in [3.63, 3.8) is 0 Å². The molecule has 0 radical (unpaired) electrons. The number of hydrogen-bond donors (Lipinski definition) is 2. The molecule has 1 aromatic heterocycles.